The number of rotatable bonds is 12. The number of nitrogen functional groups attached to an aromatic ring is 1. The van der Waals surface area contributed by atoms with Gasteiger partial charge >= 0.3 is 17.9 Å². The van der Waals surface area contributed by atoms with Crippen molar-refractivity contribution in [2.24, 2.45) is 11.7 Å². The Labute approximate surface area is 197 Å². The Morgan fingerprint density at radius 3 is 2.44 bits per heavy atom. The van der Waals surface area contributed by atoms with Crippen LogP contribution in [0.25, 0.3) is 0 Å². The lowest BCUT2D eigenvalue weighted by Crippen LogP contribution is -2.40. The molecule has 0 bridgehead atoms. The average molecular weight is 491 g/mol. The molecule has 1 aromatic carbocycles. The first-order chi connectivity index (χ1) is 16.0. The summed E-state index contributed by atoms with van der Waals surface area (Å²) in [5.41, 5.74) is 4.55. The summed E-state index contributed by atoms with van der Waals surface area (Å²) in [4.78, 5) is 48.0. The summed E-state index contributed by atoms with van der Waals surface area (Å²) < 4.78 is 19.2. The third-order valence-electron chi connectivity index (χ3n) is 5.40. The molecular weight excluding hydrogens is 469 g/mol. The second-order valence-electron chi connectivity index (χ2n) is 7.91. The molecule has 0 unspecified atom stereocenters. The normalized spacial score (nSPS) is 14.7. The molecule has 2 aromatic rings. The summed E-state index contributed by atoms with van der Waals surface area (Å²) in [5, 5.41) is 28.4. The molecule has 1 aliphatic rings. The average Bonchev–Trinajstić information content (AvgIpc) is 3.41. The second kappa shape index (κ2) is 10.1. The van der Waals surface area contributed by atoms with Crippen LogP contribution < -0.4 is 15.8 Å². The van der Waals surface area contributed by atoms with Crippen molar-refractivity contribution in [3.05, 3.63) is 51.5 Å². The van der Waals surface area contributed by atoms with E-state index in [9.17, 15) is 23.6 Å². The molecule has 1 aromatic heterocycles. The largest absolute Gasteiger partial charge is 0.481 e. The Kier molecular flexibility index (Phi) is 7.42. The lowest BCUT2D eigenvalue weighted by atomic mass is 9.94. The van der Waals surface area contributed by atoms with Crippen molar-refractivity contribution < 1.29 is 38.5 Å². The highest BCUT2D eigenvalue weighted by Gasteiger charge is 2.49. The number of carbonyl (C=O) groups excluding carboxylic acids is 2. The zero-order valence-electron chi connectivity index (χ0n) is 17.8. The van der Waals surface area contributed by atoms with Crippen molar-refractivity contribution in [2.75, 3.05) is 0 Å². The highest BCUT2D eigenvalue weighted by Crippen LogP contribution is 2.39. The standard InChI is InChI=1S/C22H22FN3O7S/c23-14-7-11(19(24)25)1-3-15(14)33-21(32)16-4-2-13(34-16)10-26-22(5-6-22)17(27)8-12(20(30)31)9-18(28)29/h1-4,7,12,26H,5-6,8-10H2,(H3,24,25)(H,28,29)(H,30,31)/t12-/m0/s1. The number of halogens is 1. The van der Waals surface area contributed by atoms with Crippen LogP contribution in [-0.4, -0.2) is 45.3 Å². The molecule has 0 saturated heterocycles. The maximum absolute atomic E-state index is 14.1. The van der Waals surface area contributed by atoms with E-state index < -0.39 is 41.6 Å². The summed E-state index contributed by atoms with van der Waals surface area (Å²) in [6.07, 6.45) is -0.0155. The lowest BCUT2D eigenvalue weighted by molar-refractivity contribution is -0.149. The number of esters is 1. The summed E-state index contributed by atoms with van der Waals surface area (Å²) in [7, 11) is 0. The molecule has 1 atom stereocenters. The molecule has 1 aliphatic carbocycles. The molecule has 0 spiro atoms. The fourth-order valence-electron chi connectivity index (χ4n) is 3.30. The molecule has 1 heterocycles. The fourth-order valence-corrected chi connectivity index (χ4v) is 4.12. The van der Waals surface area contributed by atoms with Gasteiger partial charge in [-0.3, -0.25) is 25.1 Å². The number of hydrogen-bond donors (Lipinski definition) is 5. The van der Waals surface area contributed by atoms with Gasteiger partial charge in [-0.2, -0.15) is 0 Å². The summed E-state index contributed by atoms with van der Waals surface area (Å²) in [5.74, 6) is -6.51. The first-order valence-electron chi connectivity index (χ1n) is 10.2. The lowest BCUT2D eigenvalue weighted by Gasteiger charge is -2.18. The minimum absolute atomic E-state index is 0.156. The van der Waals surface area contributed by atoms with Gasteiger partial charge in [-0.25, -0.2) is 9.18 Å². The van der Waals surface area contributed by atoms with Crippen LogP contribution in [-0.2, 0) is 20.9 Å². The molecule has 1 fully saturated rings. The van der Waals surface area contributed by atoms with E-state index in [1.54, 1.807) is 6.07 Å². The number of ether oxygens (including phenoxy) is 1. The molecule has 0 radical (unpaired) electrons. The van der Waals surface area contributed by atoms with Crippen molar-refractivity contribution in [1.29, 1.82) is 5.41 Å². The number of aliphatic carboxylic acids is 2. The van der Waals surface area contributed by atoms with E-state index in [-0.39, 0.29) is 40.8 Å². The molecule has 12 heteroatoms. The third-order valence-corrected chi connectivity index (χ3v) is 6.46. The van der Waals surface area contributed by atoms with Gasteiger partial charge in [0.05, 0.1) is 17.9 Å². The molecule has 0 aliphatic heterocycles. The molecule has 0 amide bonds. The minimum atomic E-state index is -1.33. The van der Waals surface area contributed by atoms with E-state index in [2.05, 4.69) is 5.32 Å². The second-order valence-corrected chi connectivity index (χ2v) is 9.08. The first-order valence-corrected chi connectivity index (χ1v) is 11.0. The van der Waals surface area contributed by atoms with Gasteiger partial charge in [-0.05, 0) is 43.2 Å². The van der Waals surface area contributed by atoms with Crippen molar-refractivity contribution in [3.8, 4) is 5.75 Å². The van der Waals surface area contributed by atoms with Crippen LogP contribution in [0.1, 0.15) is 45.8 Å². The van der Waals surface area contributed by atoms with Gasteiger partial charge < -0.3 is 20.7 Å². The molecular formula is C22H22FN3O7S. The number of nitrogens with one attached hydrogen (secondary N) is 2. The summed E-state index contributed by atoms with van der Waals surface area (Å²) in [6, 6.07) is 6.70. The van der Waals surface area contributed by atoms with Crippen LogP contribution in [0.5, 0.6) is 5.75 Å². The molecule has 1 saturated carbocycles. The van der Waals surface area contributed by atoms with Crippen molar-refractivity contribution in [3.63, 3.8) is 0 Å². The van der Waals surface area contributed by atoms with E-state index in [1.807, 2.05) is 0 Å². The van der Waals surface area contributed by atoms with Crippen molar-refractivity contribution in [1.82, 2.24) is 5.32 Å². The maximum Gasteiger partial charge on any atom is 0.353 e. The molecule has 34 heavy (non-hydrogen) atoms. The van der Waals surface area contributed by atoms with Gasteiger partial charge in [0, 0.05) is 23.4 Å². The van der Waals surface area contributed by atoms with Crippen LogP contribution in [0, 0.1) is 17.1 Å². The number of Topliss-reactive ketones (excluding diaryl/α,β-unsaturated/α-hetero) is 1. The first kappa shape index (κ1) is 25.0. The molecule has 6 N–H and O–H groups in total. The zero-order valence-corrected chi connectivity index (χ0v) is 18.6. The smallest absolute Gasteiger partial charge is 0.353 e. The quantitative estimate of drug-likeness (QED) is 0.129. The number of nitrogens with two attached hydrogens (primary N) is 1. The SMILES string of the molecule is N=C(N)c1ccc(OC(=O)c2ccc(CNC3(C(=O)C[C@@H](CC(=O)O)C(=O)O)CC3)s2)c(F)c1. The fraction of sp³-hybridized carbons (Fsp3) is 0.318. The van der Waals surface area contributed by atoms with E-state index in [0.717, 1.165) is 17.4 Å². The number of benzene rings is 1. The van der Waals surface area contributed by atoms with Gasteiger partial charge in [-0.1, -0.05) is 0 Å². The van der Waals surface area contributed by atoms with E-state index in [0.29, 0.717) is 17.7 Å². The number of ketones is 1. The minimum Gasteiger partial charge on any atom is -0.481 e. The Morgan fingerprint density at radius 2 is 1.88 bits per heavy atom. The molecule has 180 valence electrons. The third kappa shape index (κ3) is 6.02. The number of thiophene rings is 1. The van der Waals surface area contributed by atoms with Crippen LogP contribution >= 0.6 is 11.3 Å². The van der Waals surface area contributed by atoms with Gasteiger partial charge in [0.25, 0.3) is 0 Å². The summed E-state index contributed by atoms with van der Waals surface area (Å²) in [6.45, 7) is 0.224. The number of carboxylic acids is 2. The molecule has 10 nitrogen and oxygen atoms in total. The highest BCUT2D eigenvalue weighted by molar-refractivity contribution is 7.13. The topological polar surface area (TPSA) is 180 Å². The van der Waals surface area contributed by atoms with Crippen molar-refractivity contribution in [2.45, 2.75) is 37.8 Å². The van der Waals surface area contributed by atoms with Gasteiger partial charge in [0.15, 0.2) is 17.3 Å². The predicted octanol–water partition coefficient (Wildman–Crippen LogP) is 2.15. The van der Waals surface area contributed by atoms with Crippen LogP contribution in [0.3, 0.4) is 0 Å². The number of hydrogen-bond acceptors (Lipinski definition) is 8. The zero-order chi connectivity index (χ0) is 25.0. The summed E-state index contributed by atoms with van der Waals surface area (Å²) >= 11 is 1.08. The van der Waals surface area contributed by atoms with E-state index in [4.69, 9.17) is 26.1 Å². The Balaban J connectivity index is 1.58. The number of carboxylic acid groups (broad SMARTS) is 2. The van der Waals surface area contributed by atoms with E-state index in [1.165, 1.54) is 18.2 Å². The van der Waals surface area contributed by atoms with Crippen LogP contribution in [0.4, 0.5) is 4.39 Å². The van der Waals surface area contributed by atoms with Crippen molar-refractivity contribution >= 4 is 40.9 Å². The molecule has 3 rings (SSSR count). The Morgan fingerprint density at radius 1 is 1.18 bits per heavy atom. The highest BCUT2D eigenvalue weighted by atomic mass is 32.1. The predicted molar refractivity (Wildman–Crippen MR) is 119 cm³/mol. The van der Waals surface area contributed by atoms with Crippen LogP contribution in [0.15, 0.2) is 30.3 Å². The monoisotopic (exact) mass is 491 g/mol. The number of amidine groups is 1. The Bertz CT molecular complexity index is 1160. The van der Waals surface area contributed by atoms with Gasteiger partial charge in [0.1, 0.15) is 10.7 Å². The van der Waals surface area contributed by atoms with E-state index >= 15 is 0 Å². The Hall–Kier alpha value is -3.64. The van der Waals surface area contributed by atoms with Gasteiger partial charge in [-0.15, -0.1) is 11.3 Å². The number of carbonyl (C=O) groups is 4. The van der Waals surface area contributed by atoms with Gasteiger partial charge in [0.2, 0.25) is 0 Å². The maximum atomic E-state index is 14.1. The van der Waals surface area contributed by atoms with Crippen LogP contribution in [0.2, 0.25) is 0 Å².